The van der Waals surface area contributed by atoms with E-state index in [-0.39, 0.29) is 5.91 Å². The predicted molar refractivity (Wildman–Crippen MR) is 102 cm³/mol. The van der Waals surface area contributed by atoms with Crippen LogP contribution >= 0.6 is 11.8 Å². The van der Waals surface area contributed by atoms with E-state index >= 15 is 0 Å². The first kappa shape index (κ1) is 18.2. The van der Waals surface area contributed by atoms with Crippen molar-refractivity contribution in [2.45, 2.75) is 31.2 Å². The second-order valence-electron chi connectivity index (χ2n) is 6.16. The maximum absolute atomic E-state index is 12.9. The second kappa shape index (κ2) is 8.19. The summed E-state index contributed by atoms with van der Waals surface area (Å²) in [7, 11) is 1.82. The largest absolute Gasteiger partial charge is 0.361 e. The molecule has 0 N–H and O–H groups in total. The normalized spacial score (nSPS) is 10.7. The standard InChI is InChI=1S/C20H21N3O2S/c1-14-7-4-5-8-16(14)12-23(3)20(24)18-9-6-10-21-19(18)26-13-17-11-15(2)25-22-17/h4-11H,12-13H2,1-3H3. The van der Waals surface area contributed by atoms with Gasteiger partial charge < -0.3 is 9.42 Å². The molecule has 6 heteroatoms. The Balaban J connectivity index is 1.73. The molecule has 0 aliphatic carbocycles. The highest BCUT2D eigenvalue weighted by atomic mass is 32.2. The van der Waals surface area contributed by atoms with E-state index in [2.05, 4.69) is 23.1 Å². The Labute approximate surface area is 157 Å². The van der Waals surface area contributed by atoms with Crippen LogP contribution < -0.4 is 0 Å². The van der Waals surface area contributed by atoms with Gasteiger partial charge in [0.05, 0.1) is 11.3 Å². The molecule has 134 valence electrons. The van der Waals surface area contributed by atoms with Crippen molar-refractivity contribution >= 4 is 17.7 Å². The Bertz CT molecular complexity index is 907. The minimum absolute atomic E-state index is 0.0415. The van der Waals surface area contributed by atoms with E-state index in [0.29, 0.717) is 22.9 Å². The topological polar surface area (TPSA) is 59.2 Å². The molecule has 0 radical (unpaired) electrons. The summed E-state index contributed by atoms with van der Waals surface area (Å²) in [5.74, 6) is 1.34. The molecular weight excluding hydrogens is 346 g/mol. The monoisotopic (exact) mass is 367 g/mol. The molecule has 2 heterocycles. The summed E-state index contributed by atoms with van der Waals surface area (Å²) < 4.78 is 5.09. The van der Waals surface area contributed by atoms with Crippen LogP contribution in [0.25, 0.3) is 0 Å². The van der Waals surface area contributed by atoms with Crippen LogP contribution in [0.5, 0.6) is 0 Å². The predicted octanol–water partition coefficient (Wildman–Crippen LogP) is 4.25. The molecule has 0 atom stereocenters. The molecule has 0 fully saturated rings. The van der Waals surface area contributed by atoms with Crippen LogP contribution in [0.3, 0.4) is 0 Å². The molecule has 3 aromatic rings. The number of amides is 1. The average Bonchev–Trinajstić information content (AvgIpc) is 3.07. The fourth-order valence-corrected chi connectivity index (χ4v) is 3.48. The van der Waals surface area contributed by atoms with Crippen LogP contribution in [0, 0.1) is 13.8 Å². The average molecular weight is 367 g/mol. The summed E-state index contributed by atoms with van der Waals surface area (Å²) in [6.07, 6.45) is 1.70. The van der Waals surface area contributed by atoms with Crippen molar-refractivity contribution in [3.8, 4) is 0 Å². The first-order valence-electron chi connectivity index (χ1n) is 8.34. The summed E-state index contributed by atoms with van der Waals surface area (Å²) in [5, 5.41) is 4.69. The summed E-state index contributed by atoms with van der Waals surface area (Å²) >= 11 is 1.49. The number of carbonyl (C=O) groups excluding carboxylic acids is 1. The fourth-order valence-electron chi connectivity index (χ4n) is 2.62. The maximum Gasteiger partial charge on any atom is 0.256 e. The van der Waals surface area contributed by atoms with E-state index in [9.17, 15) is 4.79 Å². The van der Waals surface area contributed by atoms with Gasteiger partial charge in [-0.3, -0.25) is 4.79 Å². The Morgan fingerprint density at radius 2 is 2.00 bits per heavy atom. The van der Waals surface area contributed by atoms with Gasteiger partial charge in [-0.05, 0) is 37.1 Å². The van der Waals surface area contributed by atoms with E-state index in [1.807, 2.05) is 44.3 Å². The van der Waals surface area contributed by atoms with E-state index in [1.165, 1.54) is 17.3 Å². The summed E-state index contributed by atoms with van der Waals surface area (Å²) in [4.78, 5) is 19.0. The lowest BCUT2D eigenvalue weighted by atomic mass is 10.1. The summed E-state index contributed by atoms with van der Waals surface area (Å²) in [6, 6.07) is 13.6. The number of thioether (sulfide) groups is 1. The molecule has 0 saturated carbocycles. The Morgan fingerprint density at radius 3 is 2.73 bits per heavy atom. The van der Waals surface area contributed by atoms with E-state index < -0.39 is 0 Å². The molecule has 0 spiro atoms. The number of hydrogen-bond acceptors (Lipinski definition) is 5. The minimum Gasteiger partial charge on any atom is -0.361 e. The molecule has 5 nitrogen and oxygen atoms in total. The lowest BCUT2D eigenvalue weighted by Gasteiger charge is -2.19. The van der Waals surface area contributed by atoms with E-state index in [1.54, 1.807) is 17.2 Å². The summed E-state index contributed by atoms with van der Waals surface area (Å²) in [5.41, 5.74) is 3.76. The van der Waals surface area contributed by atoms with Crippen molar-refractivity contribution in [2.75, 3.05) is 7.05 Å². The van der Waals surface area contributed by atoms with E-state index in [0.717, 1.165) is 17.0 Å². The van der Waals surface area contributed by atoms with Crippen molar-refractivity contribution < 1.29 is 9.32 Å². The van der Waals surface area contributed by atoms with Gasteiger partial charge in [0.2, 0.25) is 0 Å². The SMILES string of the molecule is Cc1cc(CSc2ncccc2C(=O)N(C)Cc2ccccc2C)no1. The molecule has 0 bridgehead atoms. The van der Waals surface area contributed by atoms with Gasteiger partial charge in [-0.25, -0.2) is 4.98 Å². The number of rotatable bonds is 6. The van der Waals surface area contributed by atoms with Crippen LogP contribution in [0.1, 0.15) is 32.9 Å². The third-order valence-corrected chi connectivity index (χ3v) is 5.09. The lowest BCUT2D eigenvalue weighted by Crippen LogP contribution is -2.27. The highest BCUT2D eigenvalue weighted by Crippen LogP contribution is 2.25. The first-order chi connectivity index (χ1) is 12.5. The van der Waals surface area contributed by atoms with Gasteiger partial charge in [0.25, 0.3) is 5.91 Å². The molecular formula is C20H21N3O2S. The third-order valence-electron chi connectivity index (χ3n) is 4.05. The van der Waals surface area contributed by atoms with Crippen LogP contribution in [0.15, 0.2) is 58.2 Å². The molecule has 26 heavy (non-hydrogen) atoms. The van der Waals surface area contributed by atoms with Crippen LogP contribution in [0.2, 0.25) is 0 Å². The van der Waals surface area contributed by atoms with Crippen molar-refractivity contribution in [1.29, 1.82) is 0 Å². The lowest BCUT2D eigenvalue weighted by molar-refractivity contribution is 0.0780. The van der Waals surface area contributed by atoms with Crippen LogP contribution in [-0.4, -0.2) is 28.0 Å². The highest BCUT2D eigenvalue weighted by molar-refractivity contribution is 7.98. The number of carbonyl (C=O) groups is 1. The Morgan fingerprint density at radius 1 is 1.19 bits per heavy atom. The third kappa shape index (κ3) is 4.32. The number of pyridine rings is 1. The van der Waals surface area contributed by atoms with Gasteiger partial charge in [0.15, 0.2) is 0 Å². The number of aromatic nitrogens is 2. The number of aryl methyl sites for hydroxylation is 2. The second-order valence-corrected chi connectivity index (χ2v) is 7.13. The molecule has 0 aliphatic heterocycles. The molecule has 0 unspecified atom stereocenters. The highest BCUT2D eigenvalue weighted by Gasteiger charge is 2.18. The van der Waals surface area contributed by atoms with Gasteiger partial charge in [-0.15, -0.1) is 0 Å². The molecule has 1 amide bonds. The zero-order chi connectivity index (χ0) is 18.5. The number of nitrogens with zero attached hydrogens (tertiary/aromatic N) is 3. The van der Waals surface area contributed by atoms with Crippen LogP contribution in [-0.2, 0) is 12.3 Å². The smallest absolute Gasteiger partial charge is 0.256 e. The van der Waals surface area contributed by atoms with Crippen molar-refractivity contribution in [1.82, 2.24) is 15.0 Å². The van der Waals surface area contributed by atoms with Crippen molar-refractivity contribution in [3.63, 3.8) is 0 Å². The van der Waals surface area contributed by atoms with E-state index in [4.69, 9.17) is 4.52 Å². The summed E-state index contributed by atoms with van der Waals surface area (Å²) in [6.45, 7) is 4.48. The Hall–Kier alpha value is -2.60. The van der Waals surface area contributed by atoms with Crippen molar-refractivity contribution in [2.24, 2.45) is 0 Å². The van der Waals surface area contributed by atoms with Gasteiger partial charge in [-0.1, -0.05) is 41.2 Å². The van der Waals surface area contributed by atoms with Gasteiger partial charge >= 0.3 is 0 Å². The minimum atomic E-state index is -0.0415. The molecule has 2 aromatic heterocycles. The van der Waals surface area contributed by atoms with Gasteiger partial charge in [0.1, 0.15) is 10.8 Å². The molecule has 3 rings (SSSR count). The zero-order valence-corrected chi connectivity index (χ0v) is 15.9. The number of benzene rings is 1. The van der Waals surface area contributed by atoms with Crippen molar-refractivity contribution in [3.05, 3.63) is 76.8 Å². The van der Waals surface area contributed by atoms with Gasteiger partial charge in [-0.2, -0.15) is 0 Å². The molecule has 0 saturated heterocycles. The fraction of sp³-hybridized carbons (Fsp3) is 0.250. The zero-order valence-electron chi connectivity index (χ0n) is 15.1. The van der Waals surface area contributed by atoms with Gasteiger partial charge in [0, 0.05) is 31.6 Å². The maximum atomic E-state index is 12.9. The molecule has 0 aliphatic rings. The number of hydrogen-bond donors (Lipinski definition) is 0. The van der Waals surface area contributed by atoms with Crippen LogP contribution in [0.4, 0.5) is 0 Å². The quantitative estimate of drug-likeness (QED) is 0.610. The Kier molecular flexibility index (Phi) is 5.73. The molecule has 1 aromatic carbocycles. The first-order valence-corrected chi connectivity index (χ1v) is 9.33.